The Balaban J connectivity index is 2.56. The molecule has 0 radical (unpaired) electrons. The molecule has 0 aromatic heterocycles. The molecule has 0 amide bonds. The van der Waals surface area contributed by atoms with Crippen LogP contribution in [0.1, 0.15) is 27.6 Å². The predicted molar refractivity (Wildman–Crippen MR) is 81.5 cm³/mol. The molecule has 2 rings (SSSR count). The van der Waals surface area contributed by atoms with E-state index in [-0.39, 0.29) is 34.7 Å². The second-order valence-electron chi connectivity index (χ2n) is 4.60. The van der Waals surface area contributed by atoms with Gasteiger partial charge in [-0.3, -0.25) is 14.9 Å². The number of phenolic OH excluding ortho intramolecular Hbond substituents is 1. The quantitative estimate of drug-likeness (QED) is 0.393. The summed E-state index contributed by atoms with van der Waals surface area (Å²) >= 11 is 0. The van der Waals surface area contributed by atoms with Gasteiger partial charge in [0.15, 0.2) is 6.29 Å². The van der Waals surface area contributed by atoms with E-state index in [1.165, 1.54) is 30.3 Å². The molecule has 0 heterocycles. The standard InChI is InChI=1S/C16H13NO6/c1-2-23-16(20)11-3-5-13(14(8-11)17(21)22)10-4-6-15(19)12(7-10)9-18/h3-9,19H,2H2,1H3. The van der Waals surface area contributed by atoms with Crippen LogP contribution in [0.25, 0.3) is 11.1 Å². The molecule has 0 spiro atoms. The van der Waals surface area contributed by atoms with Crippen molar-refractivity contribution < 1.29 is 24.4 Å². The first kappa shape index (κ1) is 16.2. The molecule has 23 heavy (non-hydrogen) atoms. The van der Waals surface area contributed by atoms with Crippen LogP contribution in [0.15, 0.2) is 36.4 Å². The Morgan fingerprint density at radius 3 is 2.65 bits per heavy atom. The maximum Gasteiger partial charge on any atom is 0.338 e. The van der Waals surface area contributed by atoms with Crippen molar-refractivity contribution in [3.05, 3.63) is 57.6 Å². The molecule has 0 unspecified atom stereocenters. The molecule has 118 valence electrons. The fourth-order valence-corrected chi connectivity index (χ4v) is 2.08. The van der Waals surface area contributed by atoms with Crippen LogP contribution in [0, 0.1) is 10.1 Å². The van der Waals surface area contributed by atoms with Gasteiger partial charge in [-0.05, 0) is 36.8 Å². The van der Waals surface area contributed by atoms with Gasteiger partial charge in [0, 0.05) is 6.07 Å². The van der Waals surface area contributed by atoms with Crippen molar-refractivity contribution in [2.75, 3.05) is 6.61 Å². The fraction of sp³-hybridized carbons (Fsp3) is 0.125. The van der Waals surface area contributed by atoms with E-state index in [4.69, 9.17) is 4.74 Å². The molecular weight excluding hydrogens is 302 g/mol. The summed E-state index contributed by atoms with van der Waals surface area (Å²) in [5, 5.41) is 20.8. The number of ether oxygens (including phenoxy) is 1. The molecule has 0 aliphatic rings. The highest BCUT2D eigenvalue weighted by atomic mass is 16.6. The van der Waals surface area contributed by atoms with E-state index in [9.17, 15) is 24.8 Å². The Kier molecular flexibility index (Phi) is 4.70. The van der Waals surface area contributed by atoms with Gasteiger partial charge in [-0.1, -0.05) is 6.07 Å². The zero-order valence-corrected chi connectivity index (χ0v) is 12.2. The summed E-state index contributed by atoms with van der Waals surface area (Å²) in [6, 6.07) is 8.02. The molecule has 7 heteroatoms. The van der Waals surface area contributed by atoms with Gasteiger partial charge in [0.1, 0.15) is 5.75 Å². The van der Waals surface area contributed by atoms with Gasteiger partial charge in [-0.25, -0.2) is 4.79 Å². The van der Waals surface area contributed by atoms with Crippen LogP contribution in [0.4, 0.5) is 5.69 Å². The van der Waals surface area contributed by atoms with Gasteiger partial charge in [-0.2, -0.15) is 0 Å². The van der Waals surface area contributed by atoms with Crippen molar-refractivity contribution >= 4 is 17.9 Å². The van der Waals surface area contributed by atoms with Crippen LogP contribution in [0.3, 0.4) is 0 Å². The first-order valence-corrected chi connectivity index (χ1v) is 6.72. The Bertz CT molecular complexity index is 784. The molecule has 0 atom stereocenters. The third-order valence-electron chi connectivity index (χ3n) is 3.17. The molecule has 0 aliphatic carbocycles. The number of aromatic hydroxyl groups is 1. The summed E-state index contributed by atoms with van der Waals surface area (Å²) < 4.78 is 4.82. The number of aldehydes is 1. The topological polar surface area (TPSA) is 107 Å². The zero-order chi connectivity index (χ0) is 17.0. The highest BCUT2D eigenvalue weighted by Gasteiger charge is 2.20. The zero-order valence-electron chi connectivity index (χ0n) is 12.2. The third kappa shape index (κ3) is 3.34. The van der Waals surface area contributed by atoms with Gasteiger partial charge in [0.05, 0.1) is 28.2 Å². The molecule has 0 saturated carbocycles. The smallest absolute Gasteiger partial charge is 0.338 e. The maximum absolute atomic E-state index is 11.7. The number of hydrogen-bond donors (Lipinski definition) is 1. The number of nitrogens with zero attached hydrogens (tertiary/aromatic N) is 1. The molecule has 0 bridgehead atoms. The van der Waals surface area contributed by atoms with E-state index in [1.807, 2.05) is 0 Å². The number of hydrogen-bond acceptors (Lipinski definition) is 6. The monoisotopic (exact) mass is 315 g/mol. The van der Waals surface area contributed by atoms with Crippen LogP contribution >= 0.6 is 0 Å². The number of nitro groups is 1. The van der Waals surface area contributed by atoms with Gasteiger partial charge in [0.25, 0.3) is 5.69 Å². The van der Waals surface area contributed by atoms with E-state index >= 15 is 0 Å². The van der Waals surface area contributed by atoms with Crippen molar-refractivity contribution in [1.29, 1.82) is 0 Å². The number of carbonyl (C=O) groups is 2. The molecule has 0 saturated heterocycles. The van der Waals surface area contributed by atoms with E-state index < -0.39 is 10.9 Å². The summed E-state index contributed by atoms with van der Waals surface area (Å²) in [5.74, 6) is -0.865. The van der Waals surface area contributed by atoms with Gasteiger partial charge in [-0.15, -0.1) is 0 Å². The Hall–Kier alpha value is -3.22. The van der Waals surface area contributed by atoms with Crippen molar-refractivity contribution in [1.82, 2.24) is 0 Å². The van der Waals surface area contributed by atoms with Crippen molar-refractivity contribution in [2.45, 2.75) is 6.92 Å². The van der Waals surface area contributed by atoms with Crippen LogP contribution in [0.5, 0.6) is 5.75 Å². The number of carbonyl (C=O) groups excluding carboxylic acids is 2. The van der Waals surface area contributed by atoms with E-state index in [2.05, 4.69) is 0 Å². The lowest BCUT2D eigenvalue weighted by Crippen LogP contribution is -2.05. The lowest BCUT2D eigenvalue weighted by molar-refractivity contribution is -0.384. The first-order valence-electron chi connectivity index (χ1n) is 6.72. The van der Waals surface area contributed by atoms with Crippen molar-refractivity contribution in [2.24, 2.45) is 0 Å². The minimum absolute atomic E-state index is 0.0197. The summed E-state index contributed by atoms with van der Waals surface area (Å²) in [6.45, 7) is 1.80. The minimum Gasteiger partial charge on any atom is -0.507 e. The molecule has 2 aromatic rings. The largest absolute Gasteiger partial charge is 0.507 e. The average Bonchev–Trinajstić information content (AvgIpc) is 2.55. The van der Waals surface area contributed by atoms with Crippen LogP contribution < -0.4 is 0 Å². The lowest BCUT2D eigenvalue weighted by atomic mass is 9.99. The number of phenols is 1. The molecule has 0 fully saturated rings. The Morgan fingerprint density at radius 1 is 1.30 bits per heavy atom. The van der Waals surface area contributed by atoms with Crippen LogP contribution in [-0.2, 0) is 4.74 Å². The summed E-state index contributed by atoms with van der Waals surface area (Å²) in [5.41, 5.74) is 0.402. The molecule has 0 aliphatic heterocycles. The normalized spacial score (nSPS) is 10.1. The molecule has 2 aromatic carbocycles. The minimum atomic E-state index is -0.651. The SMILES string of the molecule is CCOC(=O)c1ccc(-c2ccc(O)c(C=O)c2)c([N+](=O)[O-])c1. The Morgan fingerprint density at radius 2 is 2.04 bits per heavy atom. The fourth-order valence-electron chi connectivity index (χ4n) is 2.08. The Labute approximate surface area is 131 Å². The van der Waals surface area contributed by atoms with Gasteiger partial charge < -0.3 is 9.84 Å². The summed E-state index contributed by atoms with van der Waals surface area (Å²) in [4.78, 5) is 33.2. The summed E-state index contributed by atoms with van der Waals surface area (Å²) in [6.07, 6.45) is 0.456. The van der Waals surface area contributed by atoms with E-state index in [1.54, 1.807) is 6.92 Å². The van der Waals surface area contributed by atoms with E-state index in [0.717, 1.165) is 6.07 Å². The summed E-state index contributed by atoms with van der Waals surface area (Å²) in [7, 11) is 0. The number of esters is 1. The highest BCUT2D eigenvalue weighted by molar-refractivity contribution is 5.92. The van der Waals surface area contributed by atoms with Crippen molar-refractivity contribution in [3.63, 3.8) is 0 Å². The first-order chi connectivity index (χ1) is 11.0. The molecule has 1 N–H and O–H groups in total. The van der Waals surface area contributed by atoms with Crippen LogP contribution in [-0.4, -0.2) is 28.9 Å². The van der Waals surface area contributed by atoms with Crippen LogP contribution in [0.2, 0.25) is 0 Å². The maximum atomic E-state index is 11.7. The number of rotatable bonds is 5. The second kappa shape index (κ2) is 6.69. The van der Waals surface area contributed by atoms with E-state index in [0.29, 0.717) is 11.8 Å². The molecule has 7 nitrogen and oxygen atoms in total. The second-order valence-corrected chi connectivity index (χ2v) is 4.60. The lowest BCUT2D eigenvalue weighted by Gasteiger charge is -2.07. The van der Waals surface area contributed by atoms with Gasteiger partial charge >= 0.3 is 5.97 Å². The highest BCUT2D eigenvalue weighted by Crippen LogP contribution is 2.33. The number of benzene rings is 2. The predicted octanol–water partition coefficient (Wildman–Crippen LogP) is 2.96. The van der Waals surface area contributed by atoms with Crippen molar-refractivity contribution in [3.8, 4) is 16.9 Å². The van der Waals surface area contributed by atoms with Gasteiger partial charge in [0.2, 0.25) is 0 Å². The number of nitro benzene ring substituents is 1. The molecular formula is C16H13NO6. The average molecular weight is 315 g/mol. The third-order valence-corrected chi connectivity index (χ3v) is 3.17.